The molecule has 6 heteroatoms. The molecular formula is C19H21FN2O3. The van der Waals surface area contributed by atoms with E-state index in [0.29, 0.717) is 44.8 Å². The number of aromatic hydroxyl groups is 1. The first kappa shape index (κ1) is 17.2. The van der Waals surface area contributed by atoms with E-state index < -0.39 is 0 Å². The zero-order valence-electron chi connectivity index (χ0n) is 13.9. The standard InChI is InChI=1S/C19H21FN2O3/c20-16-3-6-18(23)15(12-16)13-21-17-4-1-14(2-5-17)11-19(24)22-7-9-25-10-8-22/h1-6,12,21,23H,7-11,13H2. The smallest absolute Gasteiger partial charge is 0.227 e. The van der Waals surface area contributed by atoms with Crippen LogP contribution in [0.2, 0.25) is 0 Å². The van der Waals surface area contributed by atoms with Crippen molar-refractivity contribution in [2.75, 3.05) is 31.6 Å². The number of carbonyl (C=O) groups excluding carboxylic acids is 1. The van der Waals surface area contributed by atoms with Gasteiger partial charge in [-0.25, -0.2) is 4.39 Å². The number of carbonyl (C=O) groups is 1. The molecule has 0 radical (unpaired) electrons. The molecule has 5 nitrogen and oxygen atoms in total. The third kappa shape index (κ3) is 4.70. The summed E-state index contributed by atoms with van der Waals surface area (Å²) in [5.74, 6) is -0.220. The van der Waals surface area contributed by atoms with Crippen LogP contribution < -0.4 is 5.32 Å². The molecule has 0 spiro atoms. The van der Waals surface area contributed by atoms with Gasteiger partial charge in [0.15, 0.2) is 0 Å². The molecule has 1 saturated heterocycles. The molecule has 25 heavy (non-hydrogen) atoms. The molecule has 0 saturated carbocycles. The van der Waals surface area contributed by atoms with Crippen molar-refractivity contribution >= 4 is 11.6 Å². The lowest BCUT2D eigenvalue weighted by Gasteiger charge is -2.26. The average molecular weight is 344 g/mol. The fraction of sp³-hybridized carbons (Fsp3) is 0.316. The van der Waals surface area contributed by atoms with Crippen LogP contribution in [0.5, 0.6) is 5.75 Å². The molecule has 1 heterocycles. The van der Waals surface area contributed by atoms with Gasteiger partial charge in [-0.15, -0.1) is 0 Å². The lowest BCUT2D eigenvalue weighted by molar-refractivity contribution is -0.134. The number of morpholine rings is 1. The fourth-order valence-electron chi connectivity index (χ4n) is 2.73. The molecule has 2 aromatic carbocycles. The molecule has 1 fully saturated rings. The molecule has 2 aromatic rings. The highest BCUT2D eigenvalue weighted by molar-refractivity contribution is 5.79. The number of nitrogens with zero attached hydrogens (tertiary/aromatic N) is 1. The third-order valence-electron chi connectivity index (χ3n) is 4.20. The lowest BCUT2D eigenvalue weighted by Crippen LogP contribution is -2.41. The van der Waals surface area contributed by atoms with Crippen molar-refractivity contribution in [1.82, 2.24) is 4.90 Å². The van der Waals surface area contributed by atoms with E-state index in [1.165, 1.54) is 18.2 Å². The maximum Gasteiger partial charge on any atom is 0.227 e. The molecule has 132 valence electrons. The van der Waals surface area contributed by atoms with E-state index in [4.69, 9.17) is 4.74 Å². The summed E-state index contributed by atoms with van der Waals surface area (Å²) in [5.41, 5.74) is 2.27. The highest BCUT2D eigenvalue weighted by Crippen LogP contribution is 2.20. The predicted octanol–water partition coefficient (Wildman–Crippen LogP) is 2.54. The minimum atomic E-state index is -0.383. The Hall–Kier alpha value is -2.60. The monoisotopic (exact) mass is 344 g/mol. The van der Waals surface area contributed by atoms with E-state index in [0.717, 1.165) is 11.3 Å². The van der Waals surface area contributed by atoms with E-state index in [1.807, 2.05) is 29.2 Å². The van der Waals surface area contributed by atoms with Gasteiger partial charge in [0.1, 0.15) is 11.6 Å². The van der Waals surface area contributed by atoms with Gasteiger partial charge in [0.25, 0.3) is 0 Å². The van der Waals surface area contributed by atoms with E-state index in [1.54, 1.807) is 0 Å². The number of rotatable bonds is 5. The number of benzene rings is 2. The van der Waals surface area contributed by atoms with E-state index in [2.05, 4.69) is 5.32 Å². The summed E-state index contributed by atoms with van der Waals surface area (Å²) in [5, 5.41) is 12.9. The predicted molar refractivity (Wildman–Crippen MR) is 92.9 cm³/mol. The first-order valence-corrected chi connectivity index (χ1v) is 8.27. The number of amides is 1. The molecule has 1 aliphatic heterocycles. The lowest BCUT2D eigenvalue weighted by atomic mass is 10.1. The number of halogens is 1. The second-order valence-electron chi connectivity index (χ2n) is 5.99. The maximum absolute atomic E-state index is 13.2. The third-order valence-corrected chi connectivity index (χ3v) is 4.20. The van der Waals surface area contributed by atoms with Crippen LogP contribution in [-0.2, 0) is 22.5 Å². The SMILES string of the molecule is O=C(Cc1ccc(NCc2cc(F)ccc2O)cc1)N1CCOCC1. The van der Waals surface area contributed by atoms with Crippen molar-refractivity contribution in [3.8, 4) is 5.75 Å². The molecule has 3 rings (SSSR count). The number of hydrogen-bond donors (Lipinski definition) is 2. The van der Waals surface area contributed by atoms with Crippen LogP contribution in [0.3, 0.4) is 0 Å². The Labute approximate surface area is 146 Å². The van der Waals surface area contributed by atoms with Crippen LogP contribution in [-0.4, -0.2) is 42.2 Å². The van der Waals surface area contributed by atoms with E-state index >= 15 is 0 Å². The van der Waals surface area contributed by atoms with Crippen LogP contribution in [0, 0.1) is 5.82 Å². The van der Waals surface area contributed by atoms with Gasteiger partial charge in [-0.05, 0) is 35.9 Å². The quantitative estimate of drug-likeness (QED) is 0.875. The molecular weight excluding hydrogens is 323 g/mol. The molecule has 0 bridgehead atoms. The van der Waals surface area contributed by atoms with Crippen molar-refractivity contribution in [1.29, 1.82) is 0 Å². The minimum absolute atomic E-state index is 0.0571. The topological polar surface area (TPSA) is 61.8 Å². The minimum Gasteiger partial charge on any atom is -0.508 e. The van der Waals surface area contributed by atoms with Crippen molar-refractivity contribution < 1.29 is 19.0 Å². The van der Waals surface area contributed by atoms with Crippen LogP contribution in [0.25, 0.3) is 0 Å². The summed E-state index contributed by atoms with van der Waals surface area (Å²) >= 11 is 0. The van der Waals surface area contributed by atoms with E-state index in [-0.39, 0.29) is 17.5 Å². The Morgan fingerprint density at radius 1 is 1.16 bits per heavy atom. The number of phenolic OH excluding ortho intramolecular Hbond substituents is 1. The molecule has 1 amide bonds. The van der Waals surface area contributed by atoms with Crippen molar-refractivity contribution in [3.63, 3.8) is 0 Å². The fourth-order valence-corrected chi connectivity index (χ4v) is 2.73. The average Bonchev–Trinajstić information content (AvgIpc) is 2.64. The Morgan fingerprint density at radius 2 is 1.88 bits per heavy atom. The van der Waals surface area contributed by atoms with Crippen molar-refractivity contribution in [3.05, 3.63) is 59.4 Å². The summed E-state index contributed by atoms with van der Waals surface area (Å²) < 4.78 is 18.5. The highest BCUT2D eigenvalue weighted by atomic mass is 19.1. The Balaban J connectivity index is 1.55. The van der Waals surface area contributed by atoms with Gasteiger partial charge in [-0.3, -0.25) is 4.79 Å². The second-order valence-corrected chi connectivity index (χ2v) is 5.99. The number of nitrogens with one attached hydrogen (secondary N) is 1. The van der Waals surface area contributed by atoms with Crippen LogP contribution in [0.1, 0.15) is 11.1 Å². The molecule has 2 N–H and O–H groups in total. The molecule has 0 aromatic heterocycles. The van der Waals surface area contributed by atoms with Gasteiger partial charge in [-0.2, -0.15) is 0 Å². The van der Waals surface area contributed by atoms with Crippen LogP contribution >= 0.6 is 0 Å². The normalized spacial score (nSPS) is 14.4. The van der Waals surface area contributed by atoms with Gasteiger partial charge in [-0.1, -0.05) is 12.1 Å². The van der Waals surface area contributed by atoms with Crippen LogP contribution in [0.4, 0.5) is 10.1 Å². The molecule has 0 atom stereocenters. The Kier molecular flexibility index (Phi) is 5.50. The van der Waals surface area contributed by atoms with Crippen LogP contribution in [0.15, 0.2) is 42.5 Å². The molecule has 1 aliphatic rings. The number of ether oxygens (including phenoxy) is 1. The summed E-state index contributed by atoms with van der Waals surface area (Å²) in [4.78, 5) is 14.0. The zero-order valence-corrected chi connectivity index (χ0v) is 13.9. The number of hydrogen-bond acceptors (Lipinski definition) is 4. The van der Waals surface area contributed by atoms with Gasteiger partial charge >= 0.3 is 0 Å². The first-order valence-electron chi connectivity index (χ1n) is 8.27. The van der Waals surface area contributed by atoms with Gasteiger partial charge in [0, 0.05) is 30.9 Å². The number of anilines is 1. The highest BCUT2D eigenvalue weighted by Gasteiger charge is 2.16. The summed E-state index contributed by atoms with van der Waals surface area (Å²) in [6.45, 7) is 2.81. The van der Waals surface area contributed by atoms with Gasteiger partial charge in [0.05, 0.1) is 19.6 Å². The van der Waals surface area contributed by atoms with Gasteiger partial charge < -0.3 is 20.1 Å². The molecule has 0 unspecified atom stereocenters. The number of phenols is 1. The van der Waals surface area contributed by atoms with Crippen molar-refractivity contribution in [2.24, 2.45) is 0 Å². The zero-order chi connectivity index (χ0) is 17.6. The maximum atomic E-state index is 13.2. The summed E-state index contributed by atoms with van der Waals surface area (Å²) in [7, 11) is 0. The largest absolute Gasteiger partial charge is 0.508 e. The van der Waals surface area contributed by atoms with Crippen molar-refractivity contribution in [2.45, 2.75) is 13.0 Å². The first-order chi connectivity index (χ1) is 12.1. The van der Waals surface area contributed by atoms with E-state index in [9.17, 15) is 14.3 Å². The summed E-state index contributed by atoms with van der Waals surface area (Å²) in [6.07, 6.45) is 0.366. The molecule has 0 aliphatic carbocycles. The Bertz CT molecular complexity index is 728. The second kappa shape index (κ2) is 7.98. The summed E-state index contributed by atoms with van der Waals surface area (Å²) in [6, 6.07) is 11.4. The Morgan fingerprint density at radius 3 is 2.60 bits per heavy atom. The van der Waals surface area contributed by atoms with Gasteiger partial charge in [0.2, 0.25) is 5.91 Å².